The van der Waals surface area contributed by atoms with Gasteiger partial charge in [-0.3, -0.25) is 0 Å². The maximum atomic E-state index is 11.4. The summed E-state index contributed by atoms with van der Waals surface area (Å²) in [5.41, 5.74) is 0.941. The van der Waals surface area contributed by atoms with Gasteiger partial charge in [0.25, 0.3) is 0 Å². The molecule has 0 heterocycles. The molecule has 0 amide bonds. The van der Waals surface area contributed by atoms with Crippen LogP contribution in [0.4, 0.5) is 0 Å². The van der Waals surface area contributed by atoms with Crippen molar-refractivity contribution in [3.05, 3.63) is 48.5 Å². The van der Waals surface area contributed by atoms with E-state index in [1.807, 2.05) is 0 Å². The van der Waals surface area contributed by atoms with Gasteiger partial charge in [-0.05, 0) is 11.1 Å². The standard InChI is InChI=1S/C12H10O2.Ca/c13-11-7-3-1-5-9(11)10-6-2-4-8-12(10)14;/h1-8,13-14H;/q;+2/p-2. The molecule has 0 fully saturated rings. The molecule has 0 aliphatic heterocycles. The third-order valence-corrected chi connectivity index (χ3v) is 2.06. The summed E-state index contributed by atoms with van der Waals surface area (Å²) in [6.07, 6.45) is 0. The van der Waals surface area contributed by atoms with Gasteiger partial charge in [0.15, 0.2) is 0 Å². The Labute approximate surface area is 118 Å². The van der Waals surface area contributed by atoms with Crippen molar-refractivity contribution in [2.75, 3.05) is 0 Å². The van der Waals surface area contributed by atoms with Crippen molar-refractivity contribution in [1.29, 1.82) is 0 Å². The van der Waals surface area contributed by atoms with Gasteiger partial charge < -0.3 is 10.2 Å². The van der Waals surface area contributed by atoms with Crippen molar-refractivity contribution in [1.82, 2.24) is 0 Å². The maximum absolute atomic E-state index is 11.4. The molecule has 0 atom stereocenters. The molecule has 0 aliphatic carbocycles. The van der Waals surface area contributed by atoms with Crippen molar-refractivity contribution >= 4 is 37.7 Å². The van der Waals surface area contributed by atoms with E-state index in [-0.39, 0.29) is 49.2 Å². The molecular formula is C12H8CaO2. The minimum Gasteiger partial charge on any atom is -0.872 e. The van der Waals surface area contributed by atoms with E-state index in [0.29, 0.717) is 11.1 Å². The monoisotopic (exact) mass is 224 g/mol. The second-order valence-electron chi connectivity index (χ2n) is 2.99. The predicted molar refractivity (Wildman–Crippen MR) is 56.5 cm³/mol. The first-order valence-electron chi connectivity index (χ1n) is 4.31. The van der Waals surface area contributed by atoms with E-state index in [9.17, 15) is 10.2 Å². The minimum absolute atomic E-state index is 0. The molecule has 2 aromatic rings. The molecule has 2 aromatic carbocycles. The fourth-order valence-electron chi connectivity index (χ4n) is 1.38. The fourth-order valence-corrected chi connectivity index (χ4v) is 1.38. The molecule has 0 spiro atoms. The van der Waals surface area contributed by atoms with Gasteiger partial charge in [0.1, 0.15) is 0 Å². The average molecular weight is 224 g/mol. The van der Waals surface area contributed by atoms with E-state index in [1.165, 1.54) is 12.1 Å². The van der Waals surface area contributed by atoms with Crippen molar-refractivity contribution in [3.8, 4) is 22.6 Å². The third-order valence-electron chi connectivity index (χ3n) is 2.06. The second kappa shape index (κ2) is 5.40. The quantitative estimate of drug-likeness (QED) is 0.681. The number of hydrogen-bond donors (Lipinski definition) is 0. The van der Waals surface area contributed by atoms with Crippen LogP contribution in [0.15, 0.2) is 48.5 Å². The smallest absolute Gasteiger partial charge is 0.872 e. The summed E-state index contributed by atoms with van der Waals surface area (Å²) in [5.74, 6) is -0.230. The van der Waals surface area contributed by atoms with E-state index in [1.54, 1.807) is 36.4 Å². The topological polar surface area (TPSA) is 46.1 Å². The largest absolute Gasteiger partial charge is 2.00 e. The van der Waals surface area contributed by atoms with E-state index >= 15 is 0 Å². The van der Waals surface area contributed by atoms with Crippen molar-refractivity contribution in [2.24, 2.45) is 0 Å². The van der Waals surface area contributed by atoms with E-state index in [2.05, 4.69) is 0 Å². The summed E-state index contributed by atoms with van der Waals surface area (Å²) >= 11 is 0. The summed E-state index contributed by atoms with van der Waals surface area (Å²) in [6.45, 7) is 0. The van der Waals surface area contributed by atoms with E-state index in [0.717, 1.165) is 0 Å². The van der Waals surface area contributed by atoms with Crippen LogP contribution in [0.3, 0.4) is 0 Å². The maximum Gasteiger partial charge on any atom is 2.00 e. The second-order valence-corrected chi connectivity index (χ2v) is 2.99. The van der Waals surface area contributed by atoms with Crippen molar-refractivity contribution in [3.63, 3.8) is 0 Å². The SMILES string of the molecule is [Ca+2].[O-]c1ccccc1-c1ccccc1[O-]. The Hall–Kier alpha value is -0.700. The molecule has 3 heteroatoms. The van der Waals surface area contributed by atoms with Crippen LogP contribution >= 0.6 is 0 Å². The number of para-hydroxylation sites is 2. The third kappa shape index (κ3) is 2.65. The Balaban J connectivity index is 0.00000112. The van der Waals surface area contributed by atoms with Gasteiger partial charge in [0.05, 0.1) is 0 Å². The molecule has 70 valence electrons. The molecule has 2 nitrogen and oxygen atoms in total. The Morgan fingerprint density at radius 1 is 0.600 bits per heavy atom. The summed E-state index contributed by atoms with van der Waals surface area (Å²) < 4.78 is 0. The molecule has 0 aliphatic rings. The first-order valence-corrected chi connectivity index (χ1v) is 4.31. The Bertz CT molecular complexity index is 411. The van der Waals surface area contributed by atoms with Crippen LogP contribution in [0.5, 0.6) is 11.5 Å². The van der Waals surface area contributed by atoms with E-state index < -0.39 is 0 Å². The Morgan fingerprint density at radius 3 is 1.27 bits per heavy atom. The van der Waals surface area contributed by atoms with Crippen LogP contribution in [0.2, 0.25) is 0 Å². The molecule has 0 saturated carbocycles. The molecule has 0 saturated heterocycles. The molecule has 0 bridgehead atoms. The summed E-state index contributed by atoms with van der Waals surface area (Å²) in [5, 5.41) is 22.9. The normalized spacial score (nSPS) is 9.33. The van der Waals surface area contributed by atoms with Crippen LogP contribution in [0.1, 0.15) is 0 Å². The first-order chi connectivity index (χ1) is 6.79. The zero-order chi connectivity index (χ0) is 9.97. The van der Waals surface area contributed by atoms with Gasteiger partial charge in [0, 0.05) is 0 Å². The average Bonchev–Trinajstić information content (AvgIpc) is 2.20. The first kappa shape index (κ1) is 12.4. The number of hydrogen-bond acceptors (Lipinski definition) is 2. The van der Waals surface area contributed by atoms with E-state index in [4.69, 9.17) is 0 Å². The molecule has 0 unspecified atom stereocenters. The summed E-state index contributed by atoms with van der Waals surface area (Å²) in [7, 11) is 0. The minimum atomic E-state index is -0.115. The summed E-state index contributed by atoms with van der Waals surface area (Å²) in [4.78, 5) is 0. The summed E-state index contributed by atoms with van der Waals surface area (Å²) in [6, 6.07) is 13.1. The van der Waals surface area contributed by atoms with Gasteiger partial charge in [-0.25, -0.2) is 0 Å². The zero-order valence-electron chi connectivity index (χ0n) is 8.14. The molecule has 0 aromatic heterocycles. The Morgan fingerprint density at radius 2 is 0.933 bits per heavy atom. The van der Waals surface area contributed by atoms with Gasteiger partial charge >= 0.3 is 37.7 Å². The van der Waals surface area contributed by atoms with Crippen LogP contribution in [0.25, 0.3) is 11.1 Å². The van der Waals surface area contributed by atoms with Crippen molar-refractivity contribution in [2.45, 2.75) is 0 Å². The molecule has 2 rings (SSSR count). The van der Waals surface area contributed by atoms with Gasteiger partial charge in [0.2, 0.25) is 0 Å². The fraction of sp³-hybridized carbons (Fsp3) is 0. The van der Waals surface area contributed by atoms with Crippen LogP contribution in [-0.2, 0) is 0 Å². The molecule has 0 N–H and O–H groups in total. The van der Waals surface area contributed by atoms with Crippen molar-refractivity contribution < 1.29 is 10.2 Å². The van der Waals surface area contributed by atoms with Crippen LogP contribution in [0, 0.1) is 0 Å². The van der Waals surface area contributed by atoms with Crippen LogP contribution < -0.4 is 10.2 Å². The zero-order valence-corrected chi connectivity index (χ0v) is 10.4. The predicted octanol–water partition coefficient (Wildman–Crippen LogP) is 1.12. The Kier molecular flexibility index (Phi) is 4.45. The molecular weight excluding hydrogens is 216 g/mol. The molecule has 0 radical (unpaired) electrons. The number of rotatable bonds is 1. The van der Waals surface area contributed by atoms with Gasteiger partial charge in [-0.2, -0.15) is 0 Å². The van der Waals surface area contributed by atoms with Crippen LogP contribution in [-0.4, -0.2) is 37.7 Å². The molecule has 15 heavy (non-hydrogen) atoms. The van der Waals surface area contributed by atoms with Gasteiger partial charge in [-0.15, -0.1) is 11.5 Å². The number of benzene rings is 2. The van der Waals surface area contributed by atoms with Gasteiger partial charge in [-0.1, -0.05) is 48.5 Å².